The number of anilines is 1. The second kappa shape index (κ2) is 8.56. The van der Waals surface area contributed by atoms with E-state index in [9.17, 15) is 4.79 Å². The first-order chi connectivity index (χ1) is 10.7. The fourth-order valence-corrected chi connectivity index (χ4v) is 2.71. The highest BCUT2D eigenvalue weighted by atomic mass is 16.5. The van der Waals surface area contributed by atoms with Gasteiger partial charge in [0.1, 0.15) is 5.82 Å². The third-order valence-electron chi connectivity index (χ3n) is 4.07. The maximum atomic E-state index is 11.9. The van der Waals surface area contributed by atoms with Gasteiger partial charge in [-0.05, 0) is 31.2 Å². The molecular formula is C16H26N4O2. The highest BCUT2D eigenvalue weighted by molar-refractivity contribution is 5.76. The lowest BCUT2D eigenvalue weighted by Gasteiger charge is -2.32. The summed E-state index contributed by atoms with van der Waals surface area (Å²) in [6.45, 7) is 4.78. The molecule has 1 aliphatic rings. The molecule has 1 N–H and O–H groups in total. The van der Waals surface area contributed by atoms with Crippen molar-refractivity contribution in [3.8, 4) is 6.01 Å². The minimum absolute atomic E-state index is 0.190. The van der Waals surface area contributed by atoms with Crippen molar-refractivity contribution in [3.63, 3.8) is 0 Å². The molecule has 1 amide bonds. The number of nitrogens with zero attached hydrogens (tertiary/aromatic N) is 3. The summed E-state index contributed by atoms with van der Waals surface area (Å²) >= 11 is 0. The number of carbonyl (C=O) groups excluding carboxylic acids is 1. The molecule has 0 unspecified atom stereocenters. The molecular weight excluding hydrogens is 280 g/mol. The van der Waals surface area contributed by atoms with Gasteiger partial charge in [0, 0.05) is 32.3 Å². The molecule has 0 radical (unpaired) electrons. The molecule has 1 aromatic rings. The smallest absolute Gasteiger partial charge is 0.318 e. The Labute approximate surface area is 132 Å². The molecule has 0 saturated carbocycles. The quantitative estimate of drug-likeness (QED) is 0.781. The first-order valence-corrected chi connectivity index (χ1v) is 8.11. The maximum Gasteiger partial charge on any atom is 0.318 e. The van der Waals surface area contributed by atoms with Crippen molar-refractivity contribution in [3.05, 3.63) is 12.3 Å². The largest absolute Gasteiger partial charge is 0.467 e. The van der Waals surface area contributed by atoms with Gasteiger partial charge in [0.05, 0.1) is 7.11 Å². The third kappa shape index (κ3) is 4.86. The summed E-state index contributed by atoms with van der Waals surface area (Å²) in [4.78, 5) is 22.5. The molecule has 0 aliphatic carbocycles. The number of unbranched alkanes of at least 4 members (excludes halogenated alkanes) is 1. The van der Waals surface area contributed by atoms with Gasteiger partial charge in [0.15, 0.2) is 0 Å². The number of amides is 1. The van der Waals surface area contributed by atoms with Crippen molar-refractivity contribution in [1.82, 2.24) is 15.3 Å². The number of carbonyl (C=O) groups is 1. The van der Waals surface area contributed by atoms with Crippen LogP contribution in [0.3, 0.4) is 0 Å². The maximum absolute atomic E-state index is 11.9. The molecule has 22 heavy (non-hydrogen) atoms. The molecule has 1 saturated heterocycles. The standard InChI is InChI=1S/C16H26N4O2/c1-3-4-8-17-15(21)12-13-6-10-20(11-7-13)14-5-9-18-16(19-14)22-2/h5,9,13H,3-4,6-8,10-12H2,1-2H3,(H,17,21). The molecule has 1 aromatic heterocycles. The molecule has 2 rings (SSSR count). The minimum Gasteiger partial charge on any atom is -0.467 e. The van der Waals surface area contributed by atoms with Crippen molar-refractivity contribution in [2.24, 2.45) is 5.92 Å². The summed E-state index contributed by atoms with van der Waals surface area (Å²) < 4.78 is 5.06. The molecule has 122 valence electrons. The van der Waals surface area contributed by atoms with Crippen LogP contribution < -0.4 is 15.0 Å². The molecule has 0 aromatic carbocycles. The molecule has 0 bridgehead atoms. The predicted molar refractivity (Wildman–Crippen MR) is 86.1 cm³/mol. The number of aromatic nitrogens is 2. The van der Waals surface area contributed by atoms with E-state index in [1.54, 1.807) is 13.3 Å². The average Bonchev–Trinajstić information content (AvgIpc) is 2.56. The fraction of sp³-hybridized carbons (Fsp3) is 0.688. The second-order valence-electron chi connectivity index (χ2n) is 5.74. The highest BCUT2D eigenvalue weighted by Crippen LogP contribution is 2.24. The predicted octanol–water partition coefficient (Wildman–Crippen LogP) is 2.01. The van der Waals surface area contributed by atoms with Gasteiger partial charge in [-0.2, -0.15) is 4.98 Å². The van der Waals surface area contributed by atoms with Gasteiger partial charge in [-0.1, -0.05) is 13.3 Å². The topological polar surface area (TPSA) is 67.4 Å². The van der Waals surface area contributed by atoms with Crippen LogP contribution in [0, 0.1) is 5.92 Å². The van der Waals surface area contributed by atoms with Crippen LogP contribution in [0.4, 0.5) is 5.82 Å². The lowest BCUT2D eigenvalue weighted by atomic mass is 9.93. The Morgan fingerprint density at radius 2 is 2.23 bits per heavy atom. The Balaban J connectivity index is 1.76. The van der Waals surface area contributed by atoms with E-state index < -0.39 is 0 Å². The summed E-state index contributed by atoms with van der Waals surface area (Å²) in [5.41, 5.74) is 0. The zero-order valence-electron chi connectivity index (χ0n) is 13.5. The van der Waals surface area contributed by atoms with E-state index in [4.69, 9.17) is 4.74 Å². The Morgan fingerprint density at radius 1 is 1.45 bits per heavy atom. The molecule has 1 aliphatic heterocycles. The van der Waals surface area contributed by atoms with Crippen LogP contribution in [0.2, 0.25) is 0 Å². The lowest BCUT2D eigenvalue weighted by Crippen LogP contribution is -2.36. The first-order valence-electron chi connectivity index (χ1n) is 8.11. The lowest BCUT2D eigenvalue weighted by molar-refractivity contribution is -0.122. The zero-order valence-corrected chi connectivity index (χ0v) is 13.5. The van der Waals surface area contributed by atoms with E-state index in [1.807, 2.05) is 6.07 Å². The molecule has 6 nitrogen and oxygen atoms in total. The van der Waals surface area contributed by atoms with E-state index in [-0.39, 0.29) is 5.91 Å². The van der Waals surface area contributed by atoms with Gasteiger partial charge in [0.25, 0.3) is 0 Å². The van der Waals surface area contributed by atoms with Crippen molar-refractivity contribution in [2.75, 3.05) is 31.6 Å². The number of hydrogen-bond acceptors (Lipinski definition) is 5. The number of ether oxygens (including phenoxy) is 1. The van der Waals surface area contributed by atoms with Crippen molar-refractivity contribution < 1.29 is 9.53 Å². The monoisotopic (exact) mass is 306 g/mol. The molecule has 2 heterocycles. The van der Waals surface area contributed by atoms with Gasteiger partial charge in [-0.25, -0.2) is 4.98 Å². The van der Waals surface area contributed by atoms with Gasteiger partial charge in [-0.15, -0.1) is 0 Å². The highest BCUT2D eigenvalue weighted by Gasteiger charge is 2.22. The molecule has 1 fully saturated rings. The minimum atomic E-state index is 0.190. The van der Waals surface area contributed by atoms with Gasteiger partial charge >= 0.3 is 6.01 Å². The van der Waals surface area contributed by atoms with E-state index >= 15 is 0 Å². The number of methoxy groups -OCH3 is 1. The van der Waals surface area contributed by atoms with Gasteiger partial charge in [-0.3, -0.25) is 4.79 Å². The number of rotatable bonds is 7. The SMILES string of the molecule is CCCCNC(=O)CC1CCN(c2ccnc(OC)n2)CC1. The Morgan fingerprint density at radius 3 is 2.91 bits per heavy atom. The van der Waals surface area contributed by atoms with E-state index in [1.165, 1.54) is 0 Å². The normalized spacial score (nSPS) is 15.6. The van der Waals surface area contributed by atoms with Crippen LogP contribution in [0.1, 0.15) is 39.0 Å². The van der Waals surface area contributed by atoms with Crippen LogP contribution in [-0.2, 0) is 4.79 Å². The van der Waals surface area contributed by atoms with Crippen LogP contribution >= 0.6 is 0 Å². The van der Waals surface area contributed by atoms with Crippen molar-refractivity contribution >= 4 is 11.7 Å². The number of hydrogen-bond donors (Lipinski definition) is 1. The van der Waals surface area contributed by atoms with Crippen LogP contribution in [0.15, 0.2) is 12.3 Å². The van der Waals surface area contributed by atoms with E-state index in [0.717, 1.165) is 51.1 Å². The summed E-state index contributed by atoms with van der Waals surface area (Å²) in [6, 6.07) is 2.30. The van der Waals surface area contributed by atoms with Crippen LogP contribution in [0.5, 0.6) is 6.01 Å². The Hall–Kier alpha value is -1.85. The van der Waals surface area contributed by atoms with Crippen LogP contribution in [-0.4, -0.2) is 42.6 Å². The fourth-order valence-electron chi connectivity index (χ4n) is 2.71. The van der Waals surface area contributed by atoms with Gasteiger partial charge in [0.2, 0.25) is 5.91 Å². The van der Waals surface area contributed by atoms with Crippen LogP contribution in [0.25, 0.3) is 0 Å². The van der Waals surface area contributed by atoms with Crippen molar-refractivity contribution in [2.45, 2.75) is 39.0 Å². The summed E-state index contributed by atoms with van der Waals surface area (Å²) in [5.74, 6) is 1.56. The van der Waals surface area contributed by atoms with E-state index in [0.29, 0.717) is 18.3 Å². The number of piperidine rings is 1. The van der Waals surface area contributed by atoms with Gasteiger partial charge < -0.3 is 15.0 Å². The number of nitrogens with one attached hydrogen (secondary N) is 1. The molecule has 0 spiro atoms. The Bertz CT molecular complexity index is 473. The third-order valence-corrected chi connectivity index (χ3v) is 4.07. The summed E-state index contributed by atoms with van der Waals surface area (Å²) in [5, 5.41) is 3.00. The second-order valence-corrected chi connectivity index (χ2v) is 5.74. The zero-order chi connectivity index (χ0) is 15.8. The molecule has 6 heteroatoms. The van der Waals surface area contributed by atoms with E-state index in [2.05, 4.69) is 27.1 Å². The Kier molecular flexibility index (Phi) is 6.43. The molecule has 0 atom stereocenters. The first kappa shape index (κ1) is 16.5. The summed E-state index contributed by atoms with van der Waals surface area (Å²) in [6.07, 6.45) is 6.57. The van der Waals surface area contributed by atoms with Crippen molar-refractivity contribution in [1.29, 1.82) is 0 Å². The average molecular weight is 306 g/mol. The summed E-state index contributed by atoms with van der Waals surface area (Å²) in [7, 11) is 1.57.